The average Bonchev–Trinajstić information content (AvgIpc) is 2.70. The second-order valence-corrected chi connectivity index (χ2v) is 4.20. The number of aliphatic carboxylic acids is 1. The molecule has 1 rings (SSSR count). The lowest BCUT2D eigenvalue weighted by molar-refractivity contribution is -0.141. The van der Waals surface area contributed by atoms with E-state index in [4.69, 9.17) is 16.7 Å². The molecule has 0 aliphatic heterocycles. The maximum atomic E-state index is 11.6. The highest BCUT2D eigenvalue weighted by molar-refractivity contribution is 6.30. The number of hydrogen-bond acceptors (Lipinski definition) is 2. The normalized spacial score (nSPS) is 12.1. The van der Waals surface area contributed by atoms with Crippen LogP contribution in [0.15, 0.2) is 12.3 Å². The number of carbonyl (C=O) groups is 2. The number of hydrogen-bond donors (Lipinski definition) is 3. The molecule has 94 valence electrons. The molecule has 3 N–H and O–H groups in total. The van der Waals surface area contributed by atoms with Gasteiger partial charge >= 0.3 is 5.97 Å². The van der Waals surface area contributed by atoms with Crippen molar-refractivity contribution >= 4 is 23.5 Å². The van der Waals surface area contributed by atoms with Crippen molar-refractivity contribution in [2.75, 3.05) is 6.54 Å². The summed E-state index contributed by atoms with van der Waals surface area (Å²) in [5.41, 5.74) is 0.329. The number of rotatable bonds is 6. The fraction of sp³-hybridized carbons (Fsp3) is 0.455. The molecule has 0 fully saturated rings. The second-order valence-electron chi connectivity index (χ2n) is 3.77. The van der Waals surface area contributed by atoms with Crippen LogP contribution in [0.1, 0.15) is 30.3 Å². The van der Waals surface area contributed by atoms with Gasteiger partial charge < -0.3 is 15.4 Å². The highest BCUT2D eigenvalue weighted by atomic mass is 35.5. The quantitative estimate of drug-likeness (QED) is 0.729. The van der Waals surface area contributed by atoms with E-state index in [0.717, 1.165) is 6.42 Å². The number of aromatic nitrogens is 1. The first kappa shape index (κ1) is 13.6. The fourth-order valence-electron chi connectivity index (χ4n) is 1.47. The van der Waals surface area contributed by atoms with Crippen LogP contribution < -0.4 is 5.32 Å². The van der Waals surface area contributed by atoms with Crippen LogP contribution in [0.25, 0.3) is 0 Å². The van der Waals surface area contributed by atoms with Gasteiger partial charge in [0.2, 0.25) is 0 Å². The minimum absolute atomic E-state index is 0.124. The lowest BCUT2D eigenvalue weighted by Crippen LogP contribution is -2.33. The first-order valence-corrected chi connectivity index (χ1v) is 5.77. The van der Waals surface area contributed by atoms with Crippen LogP contribution in [0.2, 0.25) is 5.02 Å². The second kappa shape index (κ2) is 6.30. The van der Waals surface area contributed by atoms with Crippen molar-refractivity contribution in [1.29, 1.82) is 0 Å². The molecule has 1 aromatic rings. The van der Waals surface area contributed by atoms with E-state index in [1.54, 1.807) is 0 Å². The van der Waals surface area contributed by atoms with Crippen molar-refractivity contribution in [3.8, 4) is 0 Å². The van der Waals surface area contributed by atoms with Crippen LogP contribution in [-0.2, 0) is 4.79 Å². The van der Waals surface area contributed by atoms with E-state index >= 15 is 0 Å². The number of aromatic amines is 1. The molecule has 1 amide bonds. The van der Waals surface area contributed by atoms with Crippen molar-refractivity contribution in [3.63, 3.8) is 0 Å². The zero-order valence-electron chi connectivity index (χ0n) is 9.50. The summed E-state index contributed by atoms with van der Waals surface area (Å²) in [4.78, 5) is 25.2. The SMILES string of the molecule is CCCC(CNC(=O)c1cc(Cl)c[nH]1)C(=O)O. The minimum Gasteiger partial charge on any atom is -0.481 e. The molecule has 1 atom stereocenters. The number of H-pyrrole nitrogens is 1. The Kier molecular flexibility index (Phi) is 5.03. The van der Waals surface area contributed by atoms with Gasteiger partial charge in [-0.05, 0) is 12.5 Å². The molecule has 0 bridgehead atoms. The van der Waals surface area contributed by atoms with E-state index in [1.807, 2.05) is 6.92 Å². The number of carbonyl (C=O) groups excluding carboxylic acids is 1. The van der Waals surface area contributed by atoms with Crippen LogP contribution in [0, 0.1) is 5.92 Å². The van der Waals surface area contributed by atoms with Crippen LogP contribution in [0.5, 0.6) is 0 Å². The Hall–Kier alpha value is -1.49. The Bertz CT molecular complexity index is 403. The monoisotopic (exact) mass is 258 g/mol. The largest absolute Gasteiger partial charge is 0.481 e. The van der Waals surface area contributed by atoms with Gasteiger partial charge in [-0.15, -0.1) is 0 Å². The summed E-state index contributed by atoms with van der Waals surface area (Å²) in [6.07, 6.45) is 2.81. The van der Waals surface area contributed by atoms with Crippen LogP contribution in [0.3, 0.4) is 0 Å². The molecule has 5 nitrogen and oxygen atoms in total. The van der Waals surface area contributed by atoms with E-state index in [9.17, 15) is 9.59 Å². The van der Waals surface area contributed by atoms with Gasteiger partial charge in [0.25, 0.3) is 5.91 Å². The maximum Gasteiger partial charge on any atom is 0.308 e. The van der Waals surface area contributed by atoms with E-state index < -0.39 is 11.9 Å². The molecule has 0 saturated heterocycles. The Labute approximate surface area is 104 Å². The molecule has 0 aliphatic rings. The molecule has 1 unspecified atom stereocenters. The predicted molar refractivity (Wildman–Crippen MR) is 64.2 cm³/mol. The number of halogens is 1. The van der Waals surface area contributed by atoms with Gasteiger partial charge in [0, 0.05) is 12.7 Å². The third-order valence-corrected chi connectivity index (χ3v) is 2.61. The summed E-state index contributed by atoms with van der Waals surface area (Å²) in [6.45, 7) is 2.03. The first-order chi connectivity index (χ1) is 8.04. The Morgan fingerprint density at radius 1 is 1.59 bits per heavy atom. The van der Waals surface area contributed by atoms with Crippen LogP contribution in [0.4, 0.5) is 0 Å². The molecule has 17 heavy (non-hydrogen) atoms. The minimum atomic E-state index is -0.892. The first-order valence-electron chi connectivity index (χ1n) is 5.39. The third kappa shape index (κ3) is 4.11. The zero-order valence-corrected chi connectivity index (χ0v) is 10.3. The van der Waals surface area contributed by atoms with Crippen molar-refractivity contribution in [2.45, 2.75) is 19.8 Å². The average molecular weight is 259 g/mol. The van der Waals surface area contributed by atoms with Crippen molar-refractivity contribution in [1.82, 2.24) is 10.3 Å². The molecule has 0 aromatic carbocycles. The summed E-state index contributed by atoms with van der Waals surface area (Å²) in [5.74, 6) is -1.79. The number of carboxylic acids is 1. The third-order valence-electron chi connectivity index (χ3n) is 2.39. The molecule has 0 radical (unpaired) electrons. The standard InChI is InChI=1S/C11H15ClN2O3/c1-2-3-7(11(16)17)5-14-10(15)9-4-8(12)6-13-9/h4,6-7,13H,2-3,5H2,1H3,(H,14,15)(H,16,17). The fourth-order valence-corrected chi connectivity index (χ4v) is 1.64. The summed E-state index contributed by atoms with van der Waals surface area (Å²) < 4.78 is 0. The summed E-state index contributed by atoms with van der Waals surface area (Å²) in [6, 6.07) is 1.49. The number of carboxylic acid groups (broad SMARTS) is 1. The van der Waals surface area contributed by atoms with E-state index in [1.165, 1.54) is 12.3 Å². The van der Waals surface area contributed by atoms with Gasteiger partial charge in [-0.25, -0.2) is 0 Å². The molecular weight excluding hydrogens is 244 g/mol. The summed E-state index contributed by atoms with van der Waals surface area (Å²) >= 11 is 5.66. The lowest BCUT2D eigenvalue weighted by atomic mass is 10.0. The maximum absolute atomic E-state index is 11.6. The van der Waals surface area contributed by atoms with Gasteiger partial charge in [0.15, 0.2) is 0 Å². The van der Waals surface area contributed by atoms with E-state index in [2.05, 4.69) is 10.3 Å². The zero-order chi connectivity index (χ0) is 12.8. The molecule has 6 heteroatoms. The van der Waals surface area contributed by atoms with Crippen molar-refractivity contribution in [2.24, 2.45) is 5.92 Å². The smallest absolute Gasteiger partial charge is 0.308 e. The molecular formula is C11H15ClN2O3. The Morgan fingerprint density at radius 2 is 2.29 bits per heavy atom. The van der Waals surface area contributed by atoms with Gasteiger partial charge in [0.05, 0.1) is 10.9 Å². The van der Waals surface area contributed by atoms with Gasteiger partial charge in [-0.3, -0.25) is 9.59 Å². The number of nitrogens with one attached hydrogen (secondary N) is 2. The molecule has 1 heterocycles. The summed E-state index contributed by atoms with van der Waals surface area (Å²) in [5, 5.41) is 11.9. The highest BCUT2D eigenvalue weighted by Crippen LogP contribution is 2.10. The Morgan fingerprint density at radius 3 is 2.76 bits per heavy atom. The van der Waals surface area contributed by atoms with Crippen molar-refractivity contribution in [3.05, 3.63) is 23.0 Å². The summed E-state index contributed by atoms with van der Waals surface area (Å²) in [7, 11) is 0. The Balaban J connectivity index is 2.49. The van der Waals surface area contributed by atoms with Gasteiger partial charge in [0.1, 0.15) is 5.69 Å². The highest BCUT2D eigenvalue weighted by Gasteiger charge is 2.18. The topological polar surface area (TPSA) is 82.2 Å². The van der Waals surface area contributed by atoms with E-state index in [0.29, 0.717) is 17.1 Å². The van der Waals surface area contributed by atoms with Crippen molar-refractivity contribution < 1.29 is 14.7 Å². The molecule has 1 aromatic heterocycles. The molecule has 0 aliphatic carbocycles. The predicted octanol–water partition coefficient (Wildman–Crippen LogP) is 1.90. The van der Waals surface area contributed by atoms with E-state index in [-0.39, 0.29) is 12.5 Å². The van der Waals surface area contributed by atoms with Crippen LogP contribution in [-0.4, -0.2) is 28.5 Å². The van der Waals surface area contributed by atoms with Gasteiger partial charge in [-0.2, -0.15) is 0 Å². The molecule has 0 saturated carbocycles. The van der Waals surface area contributed by atoms with Crippen LogP contribution >= 0.6 is 11.6 Å². The van der Waals surface area contributed by atoms with Gasteiger partial charge in [-0.1, -0.05) is 24.9 Å². The molecule has 0 spiro atoms. The lowest BCUT2D eigenvalue weighted by Gasteiger charge is -2.11. The number of amides is 1.